The Labute approximate surface area is 142 Å². The minimum Gasteiger partial charge on any atom is -0.491 e. The highest BCUT2D eigenvalue weighted by Gasteiger charge is 2.16. The maximum atomic E-state index is 12.2. The van der Waals surface area contributed by atoms with E-state index in [9.17, 15) is 14.9 Å². The number of non-ortho nitro benzene ring substituents is 1. The molecule has 1 amide bonds. The van der Waals surface area contributed by atoms with Crippen LogP contribution in [-0.4, -0.2) is 42.0 Å². The van der Waals surface area contributed by atoms with Gasteiger partial charge in [-0.2, -0.15) is 0 Å². The van der Waals surface area contributed by atoms with Crippen molar-refractivity contribution in [2.75, 3.05) is 31.6 Å². The fraction of sp³-hybridized carbons (Fsp3) is 0.588. The lowest BCUT2D eigenvalue weighted by Crippen LogP contribution is -2.32. The summed E-state index contributed by atoms with van der Waals surface area (Å²) in [6.07, 6.45) is 4.81. The first kappa shape index (κ1) is 18.2. The molecule has 0 aliphatic carbocycles. The van der Waals surface area contributed by atoms with Gasteiger partial charge in [-0.05, 0) is 38.4 Å². The number of hydrogen-bond acceptors (Lipinski definition) is 5. The van der Waals surface area contributed by atoms with Crippen LogP contribution in [0.1, 0.15) is 39.0 Å². The number of nitrogens with one attached hydrogen (secondary N) is 1. The Morgan fingerprint density at radius 3 is 2.75 bits per heavy atom. The first-order valence-corrected chi connectivity index (χ1v) is 8.53. The van der Waals surface area contributed by atoms with Gasteiger partial charge in [0.1, 0.15) is 5.75 Å². The Balaban J connectivity index is 1.98. The van der Waals surface area contributed by atoms with Crippen molar-refractivity contribution in [1.29, 1.82) is 0 Å². The van der Waals surface area contributed by atoms with Gasteiger partial charge in [0, 0.05) is 25.1 Å². The molecule has 1 saturated heterocycles. The zero-order valence-electron chi connectivity index (χ0n) is 14.1. The van der Waals surface area contributed by atoms with Crippen molar-refractivity contribution in [3.05, 3.63) is 28.3 Å². The van der Waals surface area contributed by atoms with Crippen LogP contribution < -0.4 is 10.1 Å². The first-order valence-electron chi connectivity index (χ1n) is 8.53. The van der Waals surface area contributed by atoms with Crippen molar-refractivity contribution in [3.63, 3.8) is 0 Å². The van der Waals surface area contributed by atoms with Crippen LogP contribution in [0.3, 0.4) is 0 Å². The molecule has 0 radical (unpaired) electrons. The van der Waals surface area contributed by atoms with E-state index in [0.717, 1.165) is 19.5 Å². The fourth-order valence-electron chi connectivity index (χ4n) is 2.72. The van der Waals surface area contributed by atoms with Crippen molar-refractivity contribution in [1.82, 2.24) is 4.90 Å². The average Bonchev–Trinajstić information content (AvgIpc) is 2.59. The maximum absolute atomic E-state index is 12.2. The molecule has 0 atom stereocenters. The van der Waals surface area contributed by atoms with Crippen LogP contribution in [0.2, 0.25) is 0 Å². The number of anilines is 1. The molecule has 132 valence electrons. The average molecular weight is 335 g/mol. The molecule has 1 aromatic rings. The summed E-state index contributed by atoms with van der Waals surface area (Å²) in [6.45, 7) is 5.26. The van der Waals surface area contributed by atoms with Crippen molar-refractivity contribution in [3.8, 4) is 5.75 Å². The Morgan fingerprint density at radius 1 is 1.33 bits per heavy atom. The lowest BCUT2D eigenvalue weighted by atomic mass is 10.1. The predicted octanol–water partition coefficient (Wildman–Crippen LogP) is 3.20. The molecule has 0 bridgehead atoms. The van der Waals surface area contributed by atoms with Crippen molar-refractivity contribution < 1.29 is 14.5 Å². The second-order valence-electron chi connectivity index (χ2n) is 5.99. The largest absolute Gasteiger partial charge is 0.491 e. The number of piperidine rings is 1. The van der Waals surface area contributed by atoms with Crippen molar-refractivity contribution in [2.24, 2.45) is 0 Å². The molecule has 24 heavy (non-hydrogen) atoms. The van der Waals surface area contributed by atoms with Crippen molar-refractivity contribution >= 4 is 17.3 Å². The zero-order valence-corrected chi connectivity index (χ0v) is 14.1. The molecule has 0 aromatic heterocycles. The standard InChI is InChI=1S/C17H25N3O4/c1-2-12-24-16-7-6-14(20(22)23)13-15(16)18-17(21)8-11-19-9-4-3-5-10-19/h6-7,13H,2-5,8-12H2,1H3,(H,18,21). The molecule has 1 aliphatic heterocycles. The second-order valence-corrected chi connectivity index (χ2v) is 5.99. The van der Waals surface area contributed by atoms with Gasteiger partial charge in [-0.25, -0.2) is 0 Å². The molecule has 1 heterocycles. The van der Waals surface area contributed by atoms with Gasteiger partial charge in [0.2, 0.25) is 5.91 Å². The van der Waals surface area contributed by atoms with Gasteiger partial charge in [0.15, 0.2) is 0 Å². The Morgan fingerprint density at radius 2 is 2.08 bits per heavy atom. The summed E-state index contributed by atoms with van der Waals surface area (Å²) >= 11 is 0. The van der Waals surface area contributed by atoms with Gasteiger partial charge in [-0.1, -0.05) is 13.3 Å². The van der Waals surface area contributed by atoms with Crippen LogP contribution in [0.5, 0.6) is 5.75 Å². The normalized spacial score (nSPS) is 15.0. The molecule has 1 aromatic carbocycles. The van der Waals surface area contributed by atoms with E-state index in [4.69, 9.17) is 4.74 Å². The molecule has 0 unspecified atom stereocenters. The van der Waals surface area contributed by atoms with Gasteiger partial charge >= 0.3 is 0 Å². The molecular formula is C17H25N3O4. The highest BCUT2D eigenvalue weighted by Crippen LogP contribution is 2.29. The summed E-state index contributed by atoms with van der Waals surface area (Å²) < 4.78 is 5.57. The van der Waals surface area contributed by atoms with E-state index >= 15 is 0 Å². The molecule has 7 heteroatoms. The quantitative estimate of drug-likeness (QED) is 0.582. The maximum Gasteiger partial charge on any atom is 0.271 e. The molecule has 1 aliphatic rings. The molecule has 0 saturated carbocycles. The van der Waals surface area contributed by atoms with Crippen molar-refractivity contribution in [2.45, 2.75) is 39.0 Å². The van der Waals surface area contributed by atoms with Crippen LogP contribution >= 0.6 is 0 Å². The number of ether oxygens (including phenoxy) is 1. The second kappa shape index (κ2) is 9.22. The first-order chi connectivity index (χ1) is 11.6. The van der Waals surface area contributed by atoms with Crippen LogP contribution in [0.15, 0.2) is 18.2 Å². The Kier molecular flexibility index (Phi) is 6.99. The van der Waals surface area contributed by atoms with Crippen LogP contribution in [0.25, 0.3) is 0 Å². The molecule has 2 rings (SSSR count). The monoisotopic (exact) mass is 335 g/mol. The van der Waals surface area contributed by atoms with E-state index < -0.39 is 4.92 Å². The summed E-state index contributed by atoms with van der Waals surface area (Å²) in [7, 11) is 0. The summed E-state index contributed by atoms with van der Waals surface area (Å²) in [5.74, 6) is 0.316. The lowest BCUT2D eigenvalue weighted by molar-refractivity contribution is -0.384. The van der Waals surface area contributed by atoms with E-state index in [1.165, 1.54) is 37.5 Å². The van der Waals surface area contributed by atoms with Crippen LogP contribution in [0.4, 0.5) is 11.4 Å². The number of carbonyl (C=O) groups excluding carboxylic acids is 1. The number of nitrogens with zero attached hydrogens (tertiary/aromatic N) is 2. The van der Waals surface area contributed by atoms with Gasteiger partial charge in [0.05, 0.1) is 17.2 Å². The number of rotatable bonds is 8. The third-order valence-electron chi connectivity index (χ3n) is 4.01. The van der Waals surface area contributed by atoms with E-state index in [0.29, 0.717) is 31.0 Å². The number of likely N-dealkylation sites (tertiary alicyclic amines) is 1. The molecule has 0 spiro atoms. The topological polar surface area (TPSA) is 84.7 Å². The predicted molar refractivity (Wildman–Crippen MR) is 92.4 cm³/mol. The minimum absolute atomic E-state index is 0.0646. The van der Waals surface area contributed by atoms with E-state index in [-0.39, 0.29) is 11.6 Å². The van der Waals surface area contributed by atoms with Gasteiger partial charge in [-0.3, -0.25) is 14.9 Å². The van der Waals surface area contributed by atoms with Gasteiger partial charge in [-0.15, -0.1) is 0 Å². The molecule has 7 nitrogen and oxygen atoms in total. The number of amides is 1. The number of hydrogen-bond donors (Lipinski definition) is 1. The fourth-order valence-corrected chi connectivity index (χ4v) is 2.72. The summed E-state index contributed by atoms with van der Waals surface area (Å²) in [4.78, 5) is 24.9. The number of carbonyl (C=O) groups is 1. The number of nitro groups is 1. The van der Waals surface area contributed by atoms with Gasteiger partial charge in [0.25, 0.3) is 5.69 Å². The van der Waals surface area contributed by atoms with Crippen LogP contribution in [-0.2, 0) is 4.79 Å². The number of benzene rings is 1. The highest BCUT2D eigenvalue weighted by atomic mass is 16.6. The van der Waals surface area contributed by atoms with Gasteiger partial charge < -0.3 is 15.0 Å². The molecular weight excluding hydrogens is 310 g/mol. The Hall–Kier alpha value is -2.15. The SMILES string of the molecule is CCCOc1ccc([N+](=O)[O-])cc1NC(=O)CCN1CCCCC1. The minimum atomic E-state index is -0.479. The summed E-state index contributed by atoms with van der Waals surface area (Å²) in [5, 5.41) is 13.7. The third kappa shape index (κ3) is 5.49. The van der Waals surface area contributed by atoms with E-state index in [1.54, 1.807) is 0 Å². The highest BCUT2D eigenvalue weighted by molar-refractivity contribution is 5.92. The summed E-state index contributed by atoms with van der Waals surface area (Å²) in [5.41, 5.74) is 0.298. The molecule has 1 fully saturated rings. The molecule has 1 N–H and O–H groups in total. The zero-order chi connectivity index (χ0) is 17.4. The lowest BCUT2D eigenvalue weighted by Gasteiger charge is -2.26. The summed E-state index contributed by atoms with van der Waals surface area (Å²) in [6, 6.07) is 4.27. The number of nitro benzene ring substituents is 1. The third-order valence-corrected chi connectivity index (χ3v) is 4.01. The van der Waals surface area contributed by atoms with E-state index in [1.807, 2.05) is 6.92 Å². The van der Waals surface area contributed by atoms with E-state index in [2.05, 4.69) is 10.2 Å². The van der Waals surface area contributed by atoms with Crippen LogP contribution in [0, 0.1) is 10.1 Å². The Bertz CT molecular complexity index is 571. The smallest absolute Gasteiger partial charge is 0.271 e.